The van der Waals surface area contributed by atoms with Crippen molar-refractivity contribution < 1.29 is 24.6 Å². The highest BCUT2D eigenvalue weighted by atomic mass is 16.3. The molecular formula is C36H38N4O5. The minimum Gasteiger partial charge on any atom is -0.395 e. The fraction of sp³-hybridized carbons (Fsp3) is 0.278. The van der Waals surface area contributed by atoms with Gasteiger partial charge in [0.05, 0.1) is 23.7 Å². The quantitative estimate of drug-likeness (QED) is 0.294. The van der Waals surface area contributed by atoms with Crippen LogP contribution in [0, 0.1) is 5.92 Å². The van der Waals surface area contributed by atoms with Crippen LogP contribution < -0.4 is 9.91 Å². The molecule has 0 bridgehead atoms. The summed E-state index contributed by atoms with van der Waals surface area (Å²) in [6.07, 6.45) is 5.74. The molecule has 9 nitrogen and oxygen atoms in total. The average molecular weight is 607 g/mol. The van der Waals surface area contributed by atoms with E-state index in [0.717, 1.165) is 16.8 Å². The summed E-state index contributed by atoms with van der Waals surface area (Å²) in [6.45, 7) is 6.07. The number of carbonyl (C=O) groups is 3. The smallest absolute Gasteiger partial charge is 0.264 e. The molecular weight excluding hydrogens is 568 g/mol. The number of nitrogens with zero attached hydrogens (tertiary/aromatic N) is 4. The van der Waals surface area contributed by atoms with E-state index in [-0.39, 0.29) is 44.4 Å². The van der Waals surface area contributed by atoms with Gasteiger partial charge in [-0.1, -0.05) is 85.8 Å². The zero-order valence-corrected chi connectivity index (χ0v) is 25.4. The molecule has 0 radical (unpaired) electrons. The van der Waals surface area contributed by atoms with E-state index in [1.807, 2.05) is 60.7 Å². The topological polar surface area (TPSA) is 114 Å². The van der Waals surface area contributed by atoms with Crippen molar-refractivity contribution in [2.45, 2.75) is 38.3 Å². The summed E-state index contributed by atoms with van der Waals surface area (Å²) in [5.74, 6) is -1.60. The standard InChI is InChI=1S/C36H38N4O5/c1-3-21-39-32-19-17-29(40-34(43)20-18-31(37-40)28-14-8-5-9-15-28)24-30(32)36(45,35(39)44)26(2)11-10-16-33(42)38(22-23-41)25-27-12-6-4-7-13-27/h3-15,17,19,24,26,41,45H,1,16,18,20-23,25H2,2H3/b11-10+/t26-,36+/m1/s1. The lowest BCUT2D eigenvalue weighted by atomic mass is 9.82. The second-order valence-corrected chi connectivity index (χ2v) is 11.2. The van der Waals surface area contributed by atoms with E-state index < -0.39 is 17.4 Å². The van der Waals surface area contributed by atoms with E-state index in [9.17, 15) is 24.6 Å². The fourth-order valence-corrected chi connectivity index (χ4v) is 5.83. The van der Waals surface area contributed by atoms with E-state index in [1.54, 1.807) is 48.3 Å². The Morgan fingerprint density at radius 1 is 1.07 bits per heavy atom. The Labute approximate surface area is 263 Å². The molecule has 2 aliphatic rings. The lowest BCUT2D eigenvalue weighted by Gasteiger charge is -2.28. The number of fused-ring (bicyclic) bond motifs is 1. The normalized spacial score (nSPS) is 18.6. The van der Waals surface area contributed by atoms with Gasteiger partial charge >= 0.3 is 0 Å². The molecule has 3 aromatic carbocycles. The van der Waals surface area contributed by atoms with E-state index in [2.05, 4.69) is 11.7 Å². The number of hydrogen-bond acceptors (Lipinski definition) is 6. The Hall–Kier alpha value is -4.86. The lowest BCUT2D eigenvalue weighted by Crippen LogP contribution is -2.44. The van der Waals surface area contributed by atoms with E-state index >= 15 is 0 Å². The molecule has 3 aromatic rings. The molecule has 45 heavy (non-hydrogen) atoms. The van der Waals surface area contributed by atoms with E-state index in [1.165, 1.54) is 9.91 Å². The zero-order valence-electron chi connectivity index (χ0n) is 25.4. The Bertz CT molecular complexity index is 1620. The molecule has 5 rings (SSSR count). The number of anilines is 2. The summed E-state index contributed by atoms with van der Waals surface area (Å²) in [6, 6.07) is 24.3. The van der Waals surface area contributed by atoms with Crippen LogP contribution in [-0.4, -0.2) is 58.2 Å². The van der Waals surface area contributed by atoms with Crippen LogP contribution in [0.3, 0.4) is 0 Å². The first-order valence-corrected chi connectivity index (χ1v) is 15.1. The third-order valence-electron chi connectivity index (χ3n) is 8.26. The third-order valence-corrected chi connectivity index (χ3v) is 8.26. The summed E-state index contributed by atoms with van der Waals surface area (Å²) in [4.78, 5) is 42.9. The predicted molar refractivity (Wildman–Crippen MR) is 174 cm³/mol. The molecule has 0 saturated carbocycles. The Morgan fingerprint density at radius 2 is 1.78 bits per heavy atom. The van der Waals surface area contributed by atoms with Gasteiger partial charge < -0.3 is 20.0 Å². The van der Waals surface area contributed by atoms with Crippen molar-refractivity contribution in [1.29, 1.82) is 0 Å². The van der Waals surface area contributed by atoms with Gasteiger partial charge in [0.25, 0.3) is 5.91 Å². The number of carbonyl (C=O) groups excluding carboxylic acids is 3. The summed E-state index contributed by atoms with van der Waals surface area (Å²) in [5, 5.41) is 27.6. The first kappa shape index (κ1) is 31.6. The Kier molecular flexibility index (Phi) is 9.71. The van der Waals surface area contributed by atoms with E-state index in [0.29, 0.717) is 29.9 Å². The minimum atomic E-state index is -1.95. The molecule has 232 valence electrons. The number of rotatable bonds is 12. The fourth-order valence-electron chi connectivity index (χ4n) is 5.83. The predicted octanol–water partition coefficient (Wildman–Crippen LogP) is 4.54. The van der Waals surface area contributed by atoms with Gasteiger partial charge in [-0.25, -0.2) is 5.01 Å². The molecule has 2 heterocycles. The van der Waals surface area contributed by atoms with Crippen LogP contribution in [0.2, 0.25) is 0 Å². The summed E-state index contributed by atoms with van der Waals surface area (Å²) in [5.41, 5.74) is 2.03. The van der Waals surface area contributed by atoms with Gasteiger partial charge in [-0.2, -0.15) is 5.10 Å². The molecule has 3 amide bonds. The maximum Gasteiger partial charge on any atom is 0.264 e. The largest absolute Gasteiger partial charge is 0.395 e. The van der Waals surface area contributed by atoms with Crippen molar-refractivity contribution in [2.75, 3.05) is 29.6 Å². The van der Waals surface area contributed by atoms with Gasteiger partial charge in [-0.15, -0.1) is 6.58 Å². The highest BCUT2D eigenvalue weighted by Gasteiger charge is 2.52. The summed E-state index contributed by atoms with van der Waals surface area (Å²) < 4.78 is 0. The second kappa shape index (κ2) is 13.8. The second-order valence-electron chi connectivity index (χ2n) is 11.2. The first-order chi connectivity index (χ1) is 21.8. The minimum absolute atomic E-state index is 0.0317. The van der Waals surface area contributed by atoms with Gasteiger partial charge in [0.1, 0.15) is 0 Å². The maximum atomic E-state index is 13.8. The van der Waals surface area contributed by atoms with Crippen LogP contribution in [0.25, 0.3) is 0 Å². The highest BCUT2D eigenvalue weighted by Crippen LogP contribution is 2.47. The molecule has 0 aromatic heterocycles. The monoisotopic (exact) mass is 606 g/mol. The number of benzene rings is 3. The number of hydrazone groups is 1. The summed E-state index contributed by atoms with van der Waals surface area (Å²) in [7, 11) is 0. The molecule has 0 spiro atoms. The first-order valence-electron chi connectivity index (χ1n) is 15.1. The Morgan fingerprint density at radius 3 is 2.47 bits per heavy atom. The van der Waals surface area contributed by atoms with Crippen molar-refractivity contribution in [3.8, 4) is 0 Å². The van der Waals surface area contributed by atoms with Gasteiger partial charge in [-0.05, 0) is 29.3 Å². The van der Waals surface area contributed by atoms with Crippen LogP contribution in [0.15, 0.2) is 109 Å². The highest BCUT2D eigenvalue weighted by molar-refractivity contribution is 6.10. The molecule has 0 aliphatic carbocycles. The van der Waals surface area contributed by atoms with Crippen molar-refractivity contribution >= 4 is 34.8 Å². The average Bonchev–Trinajstić information content (AvgIpc) is 3.28. The number of hydrogen-bond donors (Lipinski definition) is 2. The molecule has 2 N–H and O–H groups in total. The van der Waals surface area contributed by atoms with E-state index in [4.69, 9.17) is 0 Å². The van der Waals surface area contributed by atoms with Gasteiger partial charge in [0.15, 0.2) is 5.60 Å². The van der Waals surface area contributed by atoms with Crippen LogP contribution in [-0.2, 0) is 26.5 Å². The molecule has 0 unspecified atom stereocenters. The maximum absolute atomic E-state index is 13.8. The van der Waals surface area contributed by atoms with Gasteiger partial charge in [0, 0.05) is 50.4 Å². The third kappa shape index (κ3) is 6.50. The Balaban J connectivity index is 1.41. The van der Waals surface area contributed by atoms with Crippen molar-refractivity contribution in [1.82, 2.24) is 4.90 Å². The molecule has 2 aliphatic heterocycles. The van der Waals surface area contributed by atoms with Crippen LogP contribution >= 0.6 is 0 Å². The van der Waals surface area contributed by atoms with Crippen LogP contribution in [0.5, 0.6) is 0 Å². The van der Waals surface area contributed by atoms with Crippen molar-refractivity contribution in [3.05, 3.63) is 120 Å². The zero-order chi connectivity index (χ0) is 32.0. The SMILES string of the molecule is C=CCN1C(=O)[C@](O)([C@H](C)/C=C/CC(=O)N(CCO)Cc2ccccc2)c2cc(N3N=C(c4ccccc4)CCC3=O)ccc21. The van der Waals surface area contributed by atoms with Crippen LogP contribution in [0.1, 0.15) is 42.9 Å². The van der Waals surface area contributed by atoms with Crippen LogP contribution in [0.4, 0.5) is 11.4 Å². The van der Waals surface area contributed by atoms with Crippen molar-refractivity contribution in [3.63, 3.8) is 0 Å². The number of amides is 3. The molecule has 2 atom stereocenters. The molecule has 9 heteroatoms. The van der Waals surface area contributed by atoms with Crippen molar-refractivity contribution in [2.24, 2.45) is 11.0 Å². The number of aliphatic hydroxyl groups is 2. The lowest BCUT2D eigenvalue weighted by molar-refractivity contribution is -0.139. The van der Waals surface area contributed by atoms with Gasteiger partial charge in [-0.3, -0.25) is 14.4 Å². The molecule has 0 saturated heterocycles. The number of aliphatic hydroxyl groups excluding tert-OH is 1. The molecule has 0 fully saturated rings. The summed E-state index contributed by atoms with van der Waals surface area (Å²) >= 11 is 0. The van der Waals surface area contributed by atoms with Gasteiger partial charge in [0.2, 0.25) is 11.8 Å².